The van der Waals surface area contributed by atoms with E-state index in [4.69, 9.17) is 5.21 Å². The zero-order chi connectivity index (χ0) is 21.9. The second-order valence-electron chi connectivity index (χ2n) is 7.82. The molecule has 0 radical (unpaired) electrons. The average Bonchev–Trinajstić information content (AvgIpc) is 2.83. The van der Waals surface area contributed by atoms with Crippen LogP contribution in [0.1, 0.15) is 42.9 Å². The summed E-state index contributed by atoms with van der Waals surface area (Å²) in [4.78, 5) is 27.8. The van der Waals surface area contributed by atoms with Crippen LogP contribution in [-0.2, 0) is 4.79 Å². The van der Waals surface area contributed by atoms with Crippen LogP contribution in [0.4, 0.5) is 4.79 Å². The minimum Gasteiger partial charge on any atom is -0.338 e. The predicted molar refractivity (Wildman–Crippen MR) is 120 cm³/mol. The summed E-state index contributed by atoms with van der Waals surface area (Å²) >= 11 is 0. The third kappa shape index (κ3) is 6.80. The molecule has 0 aromatic heterocycles. The molecule has 1 aliphatic heterocycles. The fraction of sp³-hybridized carbons (Fsp3) is 0.417. The standard InChI is InChI=1S/C24H32N4O3/c29-22(26-31)14-8-3-9-15-25-24(30)28-18-16-27(17-19-28)23(20-10-4-1-5-11-20)21-12-6-2-7-13-21/h1-2,4-7,10-13,23,31H,3,8-9,14-19H2,(H,25,30)(H,26,29). The third-order valence-corrected chi connectivity index (χ3v) is 5.68. The van der Waals surface area contributed by atoms with Gasteiger partial charge in [0.15, 0.2) is 0 Å². The molecule has 7 nitrogen and oxygen atoms in total. The van der Waals surface area contributed by atoms with Crippen LogP contribution in [0.2, 0.25) is 0 Å². The van der Waals surface area contributed by atoms with Crippen molar-refractivity contribution in [2.24, 2.45) is 0 Å². The number of piperazine rings is 1. The molecule has 2 aromatic carbocycles. The largest absolute Gasteiger partial charge is 0.338 e. The number of carbonyl (C=O) groups is 2. The molecule has 0 aliphatic carbocycles. The number of amides is 3. The first-order valence-electron chi connectivity index (χ1n) is 11.0. The maximum Gasteiger partial charge on any atom is 0.317 e. The summed E-state index contributed by atoms with van der Waals surface area (Å²) in [5, 5.41) is 11.5. The van der Waals surface area contributed by atoms with Gasteiger partial charge in [0.05, 0.1) is 6.04 Å². The van der Waals surface area contributed by atoms with Gasteiger partial charge in [-0.15, -0.1) is 0 Å². The molecule has 1 aliphatic rings. The second kappa shape index (κ2) is 12.1. The van der Waals surface area contributed by atoms with E-state index in [9.17, 15) is 9.59 Å². The smallest absolute Gasteiger partial charge is 0.317 e. The van der Waals surface area contributed by atoms with E-state index in [1.807, 2.05) is 17.0 Å². The fourth-order valence-electron chi connectivity index (χ4n) is 4.02. The van der Waals surface area contributed by atoms with E-state index in [1.54, 1.807) is 5.48 Å². The van der Waals surface area contributed by atoms with Gasteiger partial charge in [-0.25, -0.2) is 10.3 Å². The predicted octanol–water partition coefficient (Wildman–Crippen LogP) is 3.17. The molecular formula is C24H32N4O3. The van der Waals surface area contributed by atoms with Gasteiger partial charge in [0.25, 0.3) is 0 Å². The third-order valence-electron chi connectivity index (χ3n) is 5.68. The van der Waals surface area contributed by atoms with E-state index in [-0.39, 0.29) is 18.0 Å². The van der Waals surface area contributed by atoms with E-state index in [0.717, 1.165) is 25.9 Å². The molecule has 0 unspecified atom stereocenters. The molecule has 3 rings (SSSR count). The first-order valence-corrected chi connectivity index (χ1v) is 11.0. The monoisotopic (exact) mass is 424 g/mol. The Morgan fingerprint density at radius 2 is 1.42 bits per heavy atom. The first kappa shape index (κ1) is 22.8. The van der Waals surface area contributed by atoms with Crippen molar-refractivity contribution in [2.75, 3.05) is 32.7 Å². The number of hydrogen-bond acceptors (Lipinski definition) is 4. The minimum absolute atomic E-state index is 0.0243. The molecule has 2 aromatic rings. The van der Waals surface area contributed by atoms with Crippen molar-refractivity contribution in [3.8, 4) is 0 Å². The zero-order valence-electron chi connectivity index (χ0n) is 17.9. The van der Waals surface area contributed by atoms with Crippen LogP contribution in [0.25, 0.3) is 0 Å². The lowest BCUT2D eigenvalue weighted by Crippen LogP contribution is -2.52. The summed E-state index contributed by atoms with van der Waals surface area (Å²) in [7, 11) is 0. The number of unbranched alkanes of at least 4 members (excludes halogenated alkanes) is 2. The number of hydroxylamine groups is 1. The number of hydrogen-bond donors (Lipinski definition) is 3. The molecule has 1 saturated heterocycles. The Balaban J connectivity index is 1.47. The van der Waals surface area contributed by atoms with Crippen molar-refractivity contribution in [2.45, 2.75) is 31.7 Å². The lowest BCUT2D eigenvalue weighted by Gasteiger charge is -2.39. The molecule has 3 N–H and O–H groups in total. The molecule has 0 atom stereocenters. The maximum atomic E-state index is 12.5. The van der Waals surface area contributed by atoms with E-state index < -0.39 is 0 Å². The van der Waals surface area contributed by atoms with Crippen molar-refractivity contribution in [3.05, 3.63) is 71.8 Å². The van der Waals surface area contributed by atoms with Gasteiger partial charge >= 0.3 is 6.03 Å². The van der Waals surface area contributed by atoms with E-state index >= 15 is 0 Å². The quantitative estimate of drug-likeness (QED) is 0.328. The Hall–Kier alpha value is -2.90. The maximum absolute atomic E-state index is 12.5. The summed E-state index contributed by atoms with van der Waals surface area (Å²) in [5.41, 5.74) is 4.16. The van der Waals surface area contributed by atoms with Gasteiger partial charge in [-0.2, -0.15) is 0 Å². The van der Waals surface area contributed by atoms with Gasteiger partial charge in [-0.1, -0.05) is 67.1 Å². The van der Waals surface area contributed by atoms with Crippen LogP contribution in [0.15, 0.2) is 60.7 Å². The number of benzene rings is 2. The van der Waals surface area contributed by atoms with Crippen molar-refractivity contribution in [1.29, 1.82) is 0 Å². The number of nitrogens with one attached hydrogen (secondary N) is 2. The molecular weight excluding hydrogens is 392 g/mol. The highest BCUT2D eigenvalue weighted by atomic mass is 16.5. The van der Waals surface area contributed by atoms with Gasteiger partial charge in [0, 0.05) is 39.1 Å². The molecule has 3 amide bonds. The molecule has 0 saturated carbocycles. The van der Waals surface area contributed by atoms with E-state index in [0.29, 0.717) is 32.5 Å². The van der Waals surface area contributed by atoms with E-state index in [1.165, 1.54) is 11.1 Å². The Morgan fingerprint density at radius 3 is 1.97 bits per heavy atom. The fourth-order valence-corrected chi connectivity index (χ4v) is 4.02. The molecule has 7 heteroatoms. The average molecular weight is 425 g/mol. The summed E-state index contributed by atoms with van der Waals surface area (Å²) in [5.74, 6) is -0.369. The summed E-state index contributed by atoms with van der Waals surface area (Å²) in [6.07, 6.45) is 2.64. The van der Waals surface area contributed by atoms with Gasteiger partial charge in [-0.3, -0.25) is 14.9 Å². The zero-order valence-corrected chi connectivity index (χ0v) is 17.9. The molecule has 0 bridgehead atoms. The van der Waals surface area contributed by atoms with Gasteiger partial charge in [-0.05, 0) is 24.0 Å². The summed E-state index contributed by atoms with van der Waals surface area (Å²) in [6, 6.07) is 21.2. The Kier molecular flexibility index (Phi) is 8.87. The number of urea groups is 1. The van der Waals surface area contributed by atoms with Gasteiger partial charge in [0.1, 0.15) is 0 Å². The number of nitrogens with zero attached hydrogens (tertiary/aromatic N) is 2. The Morgan fingerprint density at radius 1 is 0.839 bits per heavy atom. The van der Waals surface area contributed by atoms with Gasteiger partial charge < -0.3 is 10.2 Å². The Bertz CT molecular complexity index is 769. The van der Waals surface area contributed by atoms with Crippen molar-refractivity contribution in [3.63, 3.8) is 0 Å². The van der Waals surface area contributed by atoms with Crippen molar-refractivity contribution >= 4 is 11.9 Å². The lowest BCUT2D eigenvalue weighted by atomic mass is 9.96. The summed E-state index contributed by atoms with van der Waals surface area (Å²) < 4.78 is 0. The molecule has 0 spiro atoms. The van der Waals surface area contributed by atoms with Gasteiger partial charge in [0.2, 0.25) is 5.91 Å². The molecule has 166 valence electrons. The van der Waals surface area contributed by atoms with Crippen LogP contribution < -0.4 is 10.8 Å². The Labute approximate surface area is 184 Å². The van der Waals surface area contributed by atoms with Crippen LogP contribution in [0, 0.1) is 0 Å². The number of carbonyl (C=O) groups excluding carboxylic acids is 2. The minimum atomic E-state index is -0.369. The highest BCUT2D eigenvalue weighted by Gasteiger charge is 2.27. The van der Waals surface area contributed by atoms with Crippen LogP contribution in [0.5, 0.6) is 0 Å². The first-order chi connectivity index (χ1) is 15.2. The lowest BCUT2D eigenvalue weighted by molar-refractivity contribution is -0.129. The SMILES string of the molecule is O=C(CCCCCNC(=O)N1CCN(C(c2ccccc2)c2ccccc2)CC1)NO. The topological polar surface area (TPSA) is 84.9 Å². The second-order valence-corrected chi connectivity index (χ2v) is 7.82. The molecule has 1 fully saturated rings. The van der Waals surface area contributed by atoms with Crippen molar-refractivity contribution < 1.29 is 14.8 Å². The van der Waals surface area contributed by atoms with E-state index in [2.05, 4.69) is 58.7 Å². The van der Waals surface area contributed by atoms with Crippen LogP contribution in [0.3, 0.4) is 0 Å². The van der Waals surface area contributed by atoms with Crippen LogP contribution >= 0.6 is 0 Å². The normalized spacial score (nSPS) is 14.5. The highest BCUT2D eigenvalue weighted by molar-refractivity contribution is 5.74. The molecule has 1 heterocycles. The summed E-state index contributed by atoms with van der Waals surface area (Å²) in [6.45, 7) is 3.62. The number of rotatable bonds is 9. The molecule has 31 heavy (non-hydrogen) atoms. The van der Waals surface area contributed by atoms with Crippen molar-refractivity contribution in [1.82, 2.24) is 20.6 Å². The highest BCUT2D eigenvalue weighted by Crippen LogP contribution is 2.29. The van der Waals surface area contributed by atoms with Crippen LogP contribution in [-0.4, -0.2) is 59.7 Å².